The first-order valence-electron chi connectivity index (χ1n) is 8.14. The number of unbranched alkanes of at least 4 members (excludes halogenated alkanes) is 7. The van der Waals surface area contributed by atoms with Crippen LogP contribution >= 0.6 is 0 Å². The zero-order valence-corrected chi connectivity index (χ0v) is 12.7. The van der Waals surface area contributed by atoms with E-state index in [9.17, 15) is 5.11 Å². The predicted molar refractivity (Wildman–Crippen MR) is 81.9 cm³/mol. The molecule has 0 rings (SSSR count). The van der Waals surface area contributed by atoms with Crippen molar-refractivity contribution in [1.29, 1.82) is 0 Å². The zero-order valence-electron chi connectivity index (χ0n) is 12.7. The fraction of sp³-hybridized carbons (Fsp3) is 0.882. The Kier molecular flexibility index (Phi) is 14.5. The van der Waals surface area contributed by atoms with Crippen LogP contribution in [-0.2, 0) is 0 Å². The highest BCUT2D eigenvalue weighted by atomic mass is 16.3. The van der Waals surface area contributed by atoms with Crippen molar-refractivity contribution in [3.8, 4) is 0 Å². The first-order chi connectivity index (χ1) is 8.81. The van der Waals surface area contributed by atoms with Gasteiger partial charge in [0.15, 0.2) is 0 Å². The molecule has 0 amide bonds. The maximum atomic E-state index is 9.58. The molecule has 0 bridgehead atoms. The summed E-state index contributed by atoms with van der Waals surface area (Å²) in [6, 6.07) is 0. The van der Waals surface area contributed by atoms with Crippen LogP contribution in [0.2, 0.25) is 0 Å². The Morgan fingerprint density at radius 3 is 1.89 bits per heavy atom. The van der Waals surface area contributed by atoms with E-state index in [1.807, 2.05) is 0 Å². The van der Waals surface area contributed by atoms with Crippen LogP contribution in [0.25, 0.3) is 0 Å². The maximum Gasteiger partial charge on any atom is 0.0540 e. The Morgan fingerprint density at radius 1 is 0.722 bits per heavy atom. The number of rotatable bonds is 13. The van der Waals surface area contributed by atoms with Gasteiger partial charge in [0.25, 0.3) is 0 Å². The third kappa shape index (κ3) is 13.8. The number of hydrogen-bond acceptors (Lipinski definition) is 1. The summed E-state index contributed by atoms with van der Waals surface area (Å²) in [6.07, 6.45) is 19.4. The highest BCUT2D eigenvalue weighted by Gasteiger charge is 2.00. The molecule has 108 valence electrons. The van der Waals surface area contributed by atoms with Crippen LogP contribution < -0.4 is 0 Å². The van der Waals surface area contributed by atoms with Gasteiger partial charge in [-0.25, -0.2) is 0 Å². The van der Waals surface area contributed by atoms with E-state index in [1.165, 1.54) is 57.8 Å². The topological polar surface area (TPSA) is 20.2 Å². The monoisotopic (exact) mass is 254 g/mol. The highest BCUT2D eigenvalue weighted by molar-refractivity contribution is 4.81. The molecule has 0 aromatic carbocycles. The van der Waals surface area contributed by atoms with Gasteiger partial charge in [-0.1, -0.05) is 64.5 Å². The highest BCUT2D eigenvalue weighted by Crippen LogP contribution is 2.10. The number of hydrogen-bond donors (Lipinski definition) is 1. The number of aliphatic hydroxyl groups is 1. The molecule has 0 aromatic heterocycles. The lowest BCUT2D eigenvalue weighted by Crippen LogP contribution is -2.04. The van der Waals surface area contributed by atoms with Gasteiger partial charge in [-0.2, -0.15) is 0 Å². The van der Waals surface area contributed by atoms with Crippen LogP contribution in [0, 0.1) is 0 Å². The van der Waals surface area contributed by atoms with E-state index in [4.69, 9.17) is 0 Å². The van der Waals surface area contributed by atoms with Gasteiger partial charge in [-0.15, -0.1) is 0 Å². The summed E-state index contributed by atoms with van der Waals surface area (Å²) < 4.78 is 0. The van der Waals surface area contributed by atoms with Gasteiger partial charge in [-0.3, -0.25) is 0 Å². The molecule has 0 aliphatic heterocycles. The third-order valence-corrected chi connectivity index (χ3v) is 3.42. The zero-order chi connectivity index (χ0) is 13.5. The van der Waals surface area contributed by atoms with Crippen LogP contribution in [0.15, 0.2) is 12.2 Å². The molecular formula is C17H34O. The molecule has 0 aromatic rings. The summed E-state index contributed by atoms with van der Waals surface area (Å²) in [5, 5.41) is 9.58. The molecule has 1 unspecified atom stereocenters. The molecule has 0 radical (unpaired) electrons. The molecule has 1 nitrogen and oxygen atoms in total. The van der Waals surface area contributed by atoms with E-state index >= 15 is 0 Å². The van der Waals surface area contributed by atoms with Crippen LogP contribution in [-0.4, -0.2) is 11.2 Å². The van der Waals surface area contributed by atoms with Gasteiger partial charge in [-0.05, 0) is 38.5 Å². The van der Waals surface area contributed by atoms with Crippen molar-refractivity contribution in [2.45, 2.75) is 97.0 Å². The molecule has 1 atom stereocenters. The van der Waals surface area contributed by atoms with E-state index in [0.29, 0.717) is 0 Å². The Balaban J connectivity index is 3.12. The fourth-order valence-corrected chi connectivity index (χ4v) is 2.22. The second kappa shape index (κ2) is 14.8. The van der Waals surface area contributed by atoms with Crippen molar-refractivity contribution in [2.24, 2.45) is 0 Å². The lowest BCUT2D eigenvalue weighted by molar-refractivity contribution is 0.150. The van der Waals surface area contributed by atoms with Crippen LogP contribution in [0.3, 0.4) is 0 Å². The summed E-state index contributed by atoms with van der Waals surface area (Å²) >= 11 is 0. The average Bonchev–Trinajstić information content (AvgIpc) is 2.36. The van der Waals surface area contributed by atoms with Crippen molar-refractivity contribution < 1.29 is 5.11 Å². The summed E-state index contributed by atoms with van der Waals surface area (Å²) in [7, 11) is 0. The lowest BCUT2D eigenvalue weighted by atomic mass is 10.1. The van der Waals surface area contributed by atoms with Crippen molar-refractivity contribution >= 4 is 0 Å². The SMILES string of the molecule is CCCCCC/C=C/CCCCCC(O)CCC. The van der Waals surface area contributed by atoms with Crippen LogP contribution in [0.1, 0.15) is 90.9 Å². The lowest BCUT2D eigenvalue weighted by Gasteiger charge is -2.07. The van der Waals surface area contributed by atoms with Crippen molar-refractivity contribution in [3.05, 3.63) is 12.2 Å². The largest absolute Gasteiger partial charge is 0.393 e. The maximum absolute atomic E-state index is 9.58. The van der Waals surface area contributed by atoms with Crippen molar-refractivity contribution in [2.75, 3.05) is 0 Å². The van der Waals surface area contributed by atoms with Crippen LogP contribution in [0.4, 0.5) is 0 Å². The minimum absolute atomic E-state index is 0.0518. The van der Waals surface area contributed by atoms with E-state index < -0.39 is 0 Å². The third-order valence-electron chi connectivity index (χ3n) is 3.42. The second-order valence-electron chi connectivity index (χ2n) is 5.40. The molecule has 0 aliphatic rings. The standard InChI is InChI=1S/C17H34O/c1-3-5-6-7-8-9-10-11-12-13-14-16-17(18)15-4-2/h9-10,17-18H,3-8,11-16H2,1-2H3/b10-9+. The summed E-state index contributed by atoms with van der Waals surface area (Å²) in [4.78, 5) is 0. The molecule has 1 N–H and O–H groups in total. The molecule has 0 saturated carbocycles. The first kappa shape index (κ1) is 17.7. The molecule has 0 heterocycles. The number of aliphatic hydroxyl groups excluding tert-OH is 1. The Hall–Kier alpha value is -0.300. The van der Waals surface area contributed by atoms with Gasteiger partial charge >= 0.3 is 0 Å². The van der Waals surface area contributed by atoms with E-state index in [2.05, 4.69) is 26.0 Å². The average molecular weight is 254 g/mol. The van der Waals surface area contributed by atoms with Gasteiger partial charge in [0.05, 0.1) is 6.10 Å². The van der Waals surface area contributed by atoms with Crippen molar-refractivity contribution in [1.82, 2.24) is 0 Å². The van der Waals surface area contributed by atoms with Crippen molar-refractivity contribution in [3.63, 3.8) is 0 Å². The predicted octanol–water partition coefficient (Wildman–Crippen LogP) is 5.62. The molecule has 0 fully saturated rings. The quantitative estimate of drug-likeness (QED) is 0.334. The molecule has 18 heavy (non-hydrogen) atoms. The van der Waals surface area contributed by atoms with Gasteiger partial charge in [0, 0.05) is 0 Å². The number of allylic oxidation sites excluding steroid dienone is 2. The Labute approximate surface area is 115 Å². The normalized spacial score (nSPS) is 13.3. The summed E-state index contributed by atoms with van der Waals surface area (Å²) in [5.41, 5.74) is 0. The summed E-state index contributed by atoms with van der Waals surface area (Å²) in [6.45, 7) is 4.39. The fourth-order valence-electron chi connectivity index (χ4n) is 2.22. The van der Waals surface area contributed by atoms with Gasteiger partial charge in [0.2, 0.25) is 0 Å². The Morgan fingerprint density at radius 2 is 1.33 bits per heavy atom. The molecular weight excluding hydrogens is 220 g/mol. The smallest absolute Gasteiger partial charge is 0.0540 e. The minimum atomic E-state index is -0.0518. The molecule has 1 heteroatoms. The first-order valence-corrected chi connectivity index (χ1v) is 8.14. The second-order valence-corrected chi connectivity index (χ2v) is 5.40. The Bertz CT molecular complexity index is 174. The van der Waals surface area contributed by atoms with Gasteiger partial charge in [0.1, 0.15) is 0 Å². The molecule has 0 aliphatic carbocycles. The van der Waals surface area contributed by atoms with E-state index in [1.54, 1.807) is 0 Å². The summed E-state index contributed by atoms with van der Waals surface area (Å²) in [5.74, 6) is 0. The molecule has 0 spiro atoms. The van der Waals surface area contributed by atoms with Gasteiger partial charge < -0.3 is 5.11 Å². The minimum Gasteiger partial charge on any atom is -0.393 e. The van der Waals surface area contributed by atoms with E-state index in [-0.39, 0.29) is 6.10 Å². The molecule has 0 saturated heterocycles. The van der Waals surface area contributed by atoms with E-state index in [0.717, 1.165) is 19.3 Å². The van der Waals surface area contributed by atoms with Crippen LogP contribution in [0.5, 0.6) is 0 Å².